The van der Waals surface area contributed by atoms with Crippen molar-refractivity contribution in [2.24, 2.45) is 20.5 Å². The van der Waals surface area contributed by atoms with Gasteiger partial charge in [-0.2, -0.15) is 10.2 Å². The van der Waals surface area contributed by atoms with Crippen LogP contribution >= 0.6 is 0 Å². The van der Waals surface area contributed by atoms with Crippen molar-refractivity contribution in [1.29, 1.82) is 0 Å². The van der Waals surface area contributed by atoms with Gasteiger partial charge in [-0.1, -0.05) is 108 Å². The van der Waals surface area contributed by atoms with E-state index in [0.29, 0.717) is 33.9 Å². The average Bonchev–Trinajstić information content (AvgIpc) is 3.25. The lowest BCUT2D eigenvalue weighted by Crippen LogP contribution is -2.00. The predicted molar refractivity (Wildman–Crippen MR) is 233 cm³/mol. The van der Waals surface area contributed by atoms with Crippen LogP contribution in [0.2, 0.25) is 0 Å². The van der Waals surface area contributed by atoms with E-state index < -0.39 is 0 Å². The van der Waals surface area contributed by atoms with E-state index in [1.165, 1.54) is 33.4 Å². The van der Waals surface area contributed by atoms with E-state index in [1.807, 2.05) is 24.3 Å². The number of hydrogen-bond acceptors (Lipinski definition) is 7. The highest BCUT2D eigenvalue weighted by molar-refractivity contribution is 6.09. The maximum Gasteiger partial charge on any atom is 0.193 e. The molecule has 7 heteroatoms. The summed E-state index contributed by atoms with van der Waals surface area (Å²) in [6.07, 6.45) is 3.71. The number of azo groups is 2. The zero-order valence-corrected chi connectivity index (χ0v) is 32.4. The molecule has 0 aliphatic heterocycles. The van der Waals surface area contributed by atoms with Crippen LogP contribution in [0.1, 0.15) is 49.3 Å². The van der Waals surface area contributed by atoms with Crippen LogP contribution in [-0.2, 0) is 25.7 Å². The monoisotopic (exact) mass is 758 g/mol. The molecule has 7 nitrogen and oxygen atoms in total. The molecule has 0 spiro atoms. The molecule has 2 N–H and O–H groups in total. The lowest BCUT2D eigenvalue weighted by molar-refractivity contribution is 0.103. The Morgan fingerprint density at radius 1 is 0.414 bits per heavy atom. The molecule has 0 amide bonds. The molecule has 0 heterocycles. The van der Waals surface area contributed by atoms with Crippen LogP contribution in [0.3, 0.4) is 0 Å². The van der Waals surface area contributed by atoms with Gasteiger partial charge >= 0.3 is 0 Å². The van der Waals surface area contributed by atoms with Crippen LogP contribution in [0.5, 0.6) is 11.5 Å². The fraction of sp³-hybridized carbons (Fsp3) is 0.118. The van der Waals surface area contributed by atoms with Crippen molar-refractivity contribution in [3.8, 4) is 11.5 Å². The Hall–Kier alpha value is -7.25. The number of phenolic OH excluding ortho intramolecular Hbond substituents is 2. The minimum atomic E-state index is -0.151. The molecule has 0 unspecified atom stereocenters. The van der Waals surface area contributed by atoms with Crippen molar-refractivity contribution in [2.45, 2.75) is 39.5 Å². The fourth-order valence-electron chi connectivity index (χ4n) is 7.05. The summed E-state index contributed by atoms with van der Waals surface area (Å²) in [5, 5.41) is 42.5. The smallest absolute Gasteiger partial charge is 0.193 e. The minimum absolute atomic E-state index is 0.0474. The summed E-state index contributed by atoms with van der Waals surface area (Å²) < 4.78 is 0. The molecule has 0 bridgehead atoms. The van der Waals surface area contributed by atoms with Gasteiger partial charge in [0.25, 0.3) is 0 Å². The molecular weight excluding hydrogens is 717 g/mol. The van der Waals surface area contributed by atoms with E-state index in [4.69, 9.17) is 0 Å². The molecule has 284 valence electrons. The predicted octanol–water partition coefficient (Wildman–Crippen LogP) is 13.7. The number of phenols is 2. The molecule has 58 heavy (non-hydrogen) atoms. The first-order chi connectivity index (χ1) is 28.3. The highest BCUT2D eigenvalue weighted by atomic mass is 16.3. The summed E-state index contributed by atoms with van der Waals surface area (Å²) in [5.41, 5.74) is 10.4. The minimum Gasteiger partial charge on any atom is -0.506 e. The lowest BCUT2D eigenvalue weighted by atomic mass is 10.00. The molecule has 0 saturated carbocycles. The molecule has 0 fully saturated rings. The maximum absolute atomic E-state index is 13.4. The van der Waals surface area contributed by atoms with Gasteiger partial charge in [0.15, 0.2) is 5.78 Å². The van der Waals surface area contributed by atoms with Gasteiger partial charge in [0.05, 0.1) is 11.4 Å². The zero-order chi connectivity index (χ0) is 40.0. The second-order valence-corrected chi connectivity index (χ2v) is 14.8. The Morgan fingerprint density at radius 3 is 1.17 bits per heavy atom. The Morgan fingerprint density at radius 2 is 0.776 bits per heavy atom. The average molecular weight is 759 g/mol. The molecular formula is C51H42N4O3. The van der Waals surface area contributed by atoms with Crippen LogP contribution in [0.25, 0.3) is 21.5 Å². The first kappa shape index (κ1) is 37.7. The standard InChI is InChI=1S/C51H42N4O3/c1-33-3-7-35(8-4-33)11-13-37-15-27-45-41(31-37)21-29-47(56)49(45)54-52-43-23-17-39(18-24-43)51(58)40-19-25-44(26-20-40)53-55-50-46-28-16-38(32-42(46)22-30-48(50)57)14-12-36-9-5-34(2)6-10-36/h3-10,15-32,56-57H,11-14H2,1-2H3. The normalized spacial score (nSPS) is 11.6. The van der Waals surface area contributed by atoms with E-state index in [2.05, 4.69) is 107 Å². The van der Waals surface area contributed by atoms with Gasteiger partial charge in [0, 0.05) is 21.9 Å². The van der Waals surface area contributed by atoms with E-state index in [9.17, 15) is 15.0 Å². The third-order valence-corrected chi connectivity index (χ3v) is 10.5. The Kier molecular flexibility index (Phi) is 10.9. The molecule has 0 radical (unpaired) electrons. The summed E-state index contributed by atoms with van der Waals surface area (Å²) in [6.45, 7) is 4.19. The van der Waals surface area contributed by atoms with Gasteiger partial charge in [-0.3, -0.25) is 4.79 Å². The number of aromatic hydroxyl groups is 2. The highest BCUT2D eigenvalue weighted by Gasteiger charge is 2.12. The van der Waals surface area contributed by atoms with Crippen molar-refractivity contribution >= 4 is 50.1 Å². The Balaban J connectivity index is 0.908. The summed E-state index contributed by atoms with van der Waals surface area (Å²) in [7, 11) is 0. The molecule has 0 saturated heterocycles. The van der Waals surface area contributed by atoms with Crippen molar-refractivity contribution in [1.82, 2.24) is 0 Å². The second-order valence-electron chi connectivity index (χ2n) is 14.8. The van der Waals surface area contributed by atoms with Gasteiger partial charge in [-0.05, 0) is 133 Å². The maximum atomic E-state index is 13.4. The molecule has 0 aliphatic rings. The van der Waals surface area contributed by atoms with Crippen LogP contribution in [0, 0.1) is 13.8 Å². The number of carbonyl (C=O) groups excluding carboxylic acids is 1. The molecule has 8 aromatic carbocycles. The number of fused-ring (bicyclic) bond motifs is 2. The Bertz CT molecular complexity index is 2610. The fourth-order valence-corrected chi connectivity index (χ4v) is 7.05. The lowest BCUT2D eigenvalue weighted by Gasteiger charge is -2.08. The van der Waals surface area contributed by atoms with Crippen LogP contribution in [-0.4, -0.2) is 16.0 Å². The number of nitrogens with zero attached hydrogens (tertiary/aromatic N) is 4. The SMILES string of the molecule is Cc1ccc(CCc2ccc3c(N=Nc4ccc(C(=O)c5ccc(N=Nc6c(O)ccc7cc(CCc8ccc(C)cc8)ccc67)cc5)cc4)c(O)ccc3c2)cc1. The van der Waals surface area contributed by atoms with Crippen LogP contribution in [0.15, 0.2) is 178 Å². The first-order valence-corrected chi connectivity index (χ1v) is 19.4. The largest absolute Gasteiger partial charge is 0.506 e. The van der Waals surface area contributed by atoms with Crippen molar-refractivity contribution in [3.05, 3.63) is 202 Å². The molecule has 8 aromatic rings. The quantitative estimate of drug-likeness (QED) is 0.0956. The number of ketones is 1. The number of benzene rings is 8. The second kappa shape index (κ2) is 16.9. The number of aryl methyl sites for hydroxylation is 6. The van der Waals surface area contributed by atoms with Gasteiger partial charge < -0.3 is 10.2 Å². The third kappa shape index (κ3) is 8.74. The van der Waals surface area contributed by atoms with E-state index in [-0.39, 0.29) is 17.3 Å². The topological polar surface area (TPSA) is 107 Å². The molecule has 0 aliphatic carbocycles. The van der Waals surface area contributed by atoms with Crippen molar-refractivity contribution in [2.75, 3.05) is 0 Å². The Labute approximate surface area is 337 Å². The van der Waals surface area contributed by atoms with Gasteiger partial charge in [-0.25, -0.2) is 0 Å². The highest BCUT2D eigenvalue weighted by Crippen LogP contribution is 2.38. The van der Waals surface area contributed by atoms with Gasteiger partial charge in [0.2, 0.25) is 0 Å². The summed E-state index contributed by atoms with van der Waals surface area (Å²) >= 11 is 0. The van der Waals surface area contributed by atoms with E-state index in [1.54, 1.807) is 60.7 Å². The van der Waals surface area contributed by atoms with Crippen molar-refractivity contribution in [3.63, 3.8) is 0 Å². The zero-order valence-electron chi connectivity index (χ0n) is 32.4. The molecule has 8 rings (SSSR count). The van der Waals surface area contributed by atoms with Gasteiger partial charge in [0.1, 0.15) is 22.9 Å². The molecule has 0 atom stereocenters. The van der Waals surface area contributed by atoms with E-state index >= 15 is 0 Å². The van der Waals surface area contributed by atoms with E-state index in [0.717, 1.165) is 47.2 Å². The first-order valence-electron chi connectivity index (χ1n) is 19.4. The van der Waals surface area contributed by atoms with Crippen molar-refractivity contribution < 1.29 is 15.0 Å². The van der Waals surface area contributed by atoms with Crippen LogP contribution < -0.4 is 0 Å². The third-order valence-electron chi connectivity index (χ3n) is 10.5. The van der Waals surface area contributed by atoms with Gasteiger partial charge in [-0.15, -0.1) is 10.2 Å². The number of hydrogen-bond donors (Lipinski definition) is 2. The van der Waals surface area contributed by atoms with Crippen LogP contribution in [0.4, 0.5) is 22.7 Å². The number of carbonyl (C=O) groups is 1. The molecule has 0 aromatic heterocycles. The summed E-state index contributed by atoms with van der Waals surface area (Å²) in [5.74, 6) is -0.0565. The summed E-state index contributed by atoms with van der Waals surface area (Å²) in [6, 6.07) is 50.5. The number of rotatable bonds is 12. The summed E-state index contributed by atoms with van der Waals surface area (Å²) in [4.78, 5) is 13.4.